The summed E-state index contributed by atoms with van der Waals surface area (Å²) in [5, 5.41) is 102. The second-order valence-electron chi connectivity index (χ2n) is 12.8. The van der Waals surface area contributed by atoms with Crippen LogP contribution >= 0.6 is 0 Å². The van der Waals surface area contributed by atoms with Gasteiger partial charge in [-0.05, 0) is 38.1 Å². The molecule has 6 rings (SSSR count). The molecule has 0 spiro atoms. The van der Waals surface area contributed by atoms with E-state index in [1.165, 1.54) is 44.2 Å². The van der Waals surface area contributed by atoms with Crippen LogP contribution in [0.1, 0.15) is 13.8 Å². The SMILES string of the molecule is C[C@@H]1O[C@@H](OC[C@@H]2O[C@@H](Oc3ccc(-c4cc(=O)c5c(O)cc(O[C@@H]6O[C@H](C)[C@H](O)[C@H](O)[C@@H]6O)cc5o4)cc3)[C@@H](O)[C@H](O)[C@@H]2O)[C@@H](O)[C@@H](O)[C@H]1O. The molecule has 0 radical (unpaired) electrons. The average Bonchev–Trinajstić information content (AvgIpc) is 3.10. The molecule has 3 aromatic rings. The van der Waals surface area contributed by atoms with Crippen LogP contribution in [0.15, 0.2) is 51.7 Å². The zero-order chi connectivity index (χ0) is 36.9. The van der Waals surface area contributed by atoms with Gasteiger partial charge in [-0.1, -0.05) is 0 Å². The van der Waals surface area contributed by atoms with E-state index in [-0.39, 0.29) is 28.2 Å². The number of hydrogen-bond donors (Lipinski definition) is 10. The van der Waals surface area contributed by atoms with Crippen LogP contribution in [0.2, 0.25) is 0 Å². The van der Waals surface area contributed by atoms with E-state index in [9.17, 15) is 55.9 Å². The molecule has 3 saturated heterocycles. The molecule has 51 heavy (non-hydrogen) atoms. The summed E-state index contributed by atoms with van der Waals surface area (Å²) in [5.74, 6) is -0.354. The van der Waals surface area contributed by atoms with Crippen molar-refractivity contribution >= 4 is 11.0 Å². The highest BCUT2D eigenvalue weighted by molar-refractivity contribution is 5.86. The molecular formula is C33H40O18. The van der Waals surface area contributed by atoms with Gasteiger partial charge in [0.05, 0.1) is 18.8 Å². The van der Waals surface area contributed by atoms with Gasteiger partial charge in [-0.15, -0.1) is 0 Å². The van der Waals surface area contributed by atoms with Gasteiger partial charge in [0, 0.05) is 23.8 Å². The molecule has 4 heterocycles. The second kappa shape index (κ2) is 14.9. The lowest BCUT2D eigenvalue weighted by molar-refractivity contribution is -0.318. The Bertz CT molecular complexity index is 1720. The molecule has 0 aliphatic carbocycles. The van der Waals surface area contributed by atoms with E-state index in [2.05, 4.69) is 0 Å². The van der Waals surface area contributed by atoms with Crippen molar-refractivity contribution in [1.29, 1.82) is 0 Å². The summed E-state index contributed by atoms with van der Waals surface area (Å²) in [7, 11) is 0. The maximum absolute atomic E-state index is 13.0. The lowest BCUT2D eigenvalue weighted by Gasteiger charge is -2.42. The molecule has 3 aliphatic heterocycles. The van der Waals surface area contributed by atoms with Crippen molar-refractivity contribution in [2.45, 2.75) is 106 Å². The van der Waals surface area contributed by atoms with Gasteiger partial charge in [-0.3, -0.25) is 4.79 Å². The van der Waals surface area contributed by atoms with Gasteiger partial charge in [0.2, 0.25) is 12.6 Å². The van der Waals surface area contributed by atoms with Crippen molar-refractivity contribution in [1.82, 2.24) is 0 Å². The van der Waals surface area contributed by atoms with Crippen LogP contribution in [0.25, 0.3) is 22.3 Å². The first kappa shape index (κ1) is 37.3. The van der Waals surface area contributed by atoms with Crippen LogP contribution < -0.4 is 14.9 Å². The molecule has 15 atom stereocenters. The number of fused-ring (bicyclic) bond motifs is 1. The molecule has 3 fully saturated rings. The summed E-state index contributed by atoms with van der Waals surface area (Å²) in [6.07, 6.45) is -21.5. The molecule has 2 aromatic carbocycles. The third-order valence-electron chi connectivity index (χ3n) is 9.14. The largest absolute Gasteiger partial charge is 0.507 e. The quantitative estimate of drug-likeness (QED) is 0.114. The number of hydrogen-bond acceptors (Lipinski definition) is 18. The van der Waals surface area contributed by atoms with Crippen LogP contribution in [0.3, 0.4) is 0 Å². The third kappa shape index (κ3) is 7.42. The second-order valence-corrected chi connectivity index (χ2v) is 12.8. The fourth-order valence-electron chi connectivity index (χ4n) is 6.02. The van der Waals surface area contributed by atoms with Gasteiger partial charge in [0.1, 0.15) is 95.0 Å². The number of ether oxygens (including phenoxy) is 6. The number of rotatable bonds is 8. The first-order chi connectivity index (χ1) is 24.1. The van der Waals surface area contributed by atoms with Crippen molar-refractivity contribution in [2.24, 2.45) is 0 Å². The monoisotopic (exact) mass is 724 g/mol. The maximum atomic E-state index is 13.0. The number of aromatic hydroxyl groups is 1. The molecule has 10 N–H and O–H groups in total. The predicted octanol–water partition coefficient (Wildman–Crippen LogP) is -2.60. The van der Waals surface area contributed by atoms with Crippen LogP contribution in [-0.4, -0.2) is 150 Å². The molecule has 3 aliphatic rings. The third-order valence-corrected chi connectivity index (χ3v) is 9.14. The highest BCUT2D eigenvalue weighted by Gasteiger charge is 2.47. The van der Waals surface area contributed by atoms with Gasteiger partial charge in [-0.25, -0.2) is 0 Å². The number of benzene rings is 2. The molecule has 18 nitrogen and oxygen atoms in total. The topological polar surface area (TPSA) is 288 Å². The molecule has 280 valence electrons. The number of aliphatic hydroxyl groups is 9. The average molecular weight is 725 g/mol. The lowest BCUT2D eigenvalue weighted by Crippen LogP contribution is -2.61. The standard InChI is InChI=1S/C33H40O18/c1-11-22(36)25(39)28(42)31(46-11)45-10-20-24(38)27(41)30(44)33(51-20)48-14-5-3-13(4-6-14)18-9-17(35)21-16(34)7-15(8-19(21)50-18)49-32-29(43)26(40)23(37)12(2)47-32/h3-9,11-12,20,22-34,36-44H,10H2,1-2H3/t11-,12+,20-,22-,23-,24+,25-,26-,27+,28-,29-,30-,31+,32-,33+/m0/s1. The Balaban J connectivity index is 1.15. The normalized spacial score (nSPS) is 38.8. The first-order valence-electron chi connectivity index (χ1n) is 16.1. The minimum absolute atomic E-state index is 0.0699. The lowest BCUT2D eigenvalue weighted by atomic mass is 9.98. The number of phenolic OH excluding ortho intramolecular Hbond substituents is 1. The van der Waals surface area contributed by atoms with E-state index in [4.69, 9.17) is 32.8 Å². The van der Waals surface area contributed by atoms with Crippen molar-refractivity contribution in [2.75, 3.05) is 6.61 Å². The van der Waals surface area contributed by atoms with Gasteiger partial charge in [-0.2, -0.15) is 0 Å². The Hall–Kier alpha value is -3.47. The smallest absolute Gasteiger partial charge is 0.229 e. The highest BCUT2D eigenvalue weighted by Crippen LogP contribution is 2.34. The van der Waals surface area contributed by atoms with E-state index in [0.29, 0.717) is 5.56 Å². The number of aliphatic hydroxyl groups excluding tert-OH is 9. The van der Waals surface area contributed by atoms with Gasteiger partial charge >= 0.3 is 0 Å². The van der Waals surface area contributed by atoms with Crippen LogP contribution in [0.4, 0.5) is 0 Å². The zero-order valence-electron chi connectivity index (χ0n) is 27.1. The van der Waals surface area contributed by atoms with Crippen molar-refractivity contribution in [3.8, 4) is 28.6 Å². The predicted molar refractivity (Wildman–Crippen MR) is 168 cm³/mol. The van der Waals surface area contributed by atoms with Crippen LogP contribution in [0, 0.1) is 0 Å². The fourth-order valence-corrected chi connectivity index (χ4v) is 6.02. The fraction of sp³-hybridized carbons (Fsp3) is 0.545. The Kier molecular flexibility index (Phi) is 10.9. The van der Waals surface area contributed by atoms with Crippen molar-refractivity contribution in [3.05, 3.63) is 52.7 Å². The zero-order valence-corrected chi connectivity index (χ0v) is 27.1. The van der Waals surface area contributed by atoms with Crippen LogP contribution in [0.5, 0.6) is 17.2 Å². The molecule has 0 bridgehead atoms. The molecule has 0 unspecified atom stereocenters. The summed E-state index contributed by atoms with van der Waals surface area (Å²) in [6, 6.07) is 9.44. The van der Waals surface area contributed by atoms with Gasteiger partial charge in [0.15, 0.2) is 11.7 Å². The molecule has 0 saturated carbocycles. The van der Waals surface area contributed by atoms with E-state index in [1.807, 2.05) is 0 Å². The van der Waals surface area contributed by atoms with Crippen molar-refractivity contribution < 1.29 is 83.9 Å². The Morgan fingerprint density at radius 1 is 0.608 bits per heavy atom. The highest BCUT2D eigenvalue weighted by atomic mass is 16.7. The number of phenols is 1. The summed E-state index contributed by atoms with van der Waals surface area (Å²) >= 11 is 0. The van der Waals surface area contributed by atoms with E-state index in [0.717, 1.165) is 12.1 Å². The summed E-state index contributed by atoms with van der Waals surface area (Å²) < 4.78 is 39.2. The molecule has 18 heteroatoms. The molecule has 0 amide bonds. The van der Waals surface area contributed by atoms with E-state index < -0.39 is 110 Å². The van der Waals surface area contributed by atoms with Crippen LogP contribution in [-0.2, 0) is 18.9 Å². The molecule has 1 aromatic heterocycles. The Labute approximate surface area is 288 Å². The minimum atomic E-state index is -1.73. The minimum Gasteiger partial charge on any atom is -0.507 e. The molecular weight excluding hydrogens is 684 g/mol. The first-order valence-corrected chi connectivity index (χ1v) is 16.1. The van der Waals surface area contributed by atoms with Crippen molar-refractivity contribution in [3.63, 3.8) is 0 Å². The summed E-state index contributed by atoms with van der Waals surface area (Å²) in [4.78, 5) is 13.0. The Morgan fingerprint density at radius 3 is 1.76 bits per heavy atom. The van der Waals surface area contributed by atoms with E-state index >= 15 is 0 Å². The van der Waals surface area contributed by atoms with Gasteiger partial charge in [0.25, 0.3) is 0 Å². The Morgan fingerprint density at radius 2 is 1.14 bits per heavy atom. The van der Waals surface area contributed by atoms with Gasteiger partial charge < -0.3 is 83.9 Å². The van der Waals surface area contributed by atoms with E-state index in [1.54, 1.807) is 0 Å². The summed E-state index contributed by atoms with van der Waals surface area (Å²) in [6.45, 7) is 2.47. The maximum Gasteiger partial charge on any atom is 0.229 e. The summed E-state index contributed by atoms with van der Waals surface area (Å²) in [5.41, 5.74) is -0.302.